The van der Waals surface area contributed by atoms with Crippen LogP contribution in [-0.2, 0) is 13.2 Å². The smallest absolute Gasteiger partial charge is 0.355 e. The second-order valence-electron chi connectivity index (χ2n) is 7.15. The largest absolute Gasteiger partial charge is 0.433 e. The number of anilines is 1. The van der Waals surface area contributed by atoms with Crippen molar-refractivity contribution < 1.29 is 13.2 Å². The van der Waals surface area contributed by atoms with Crippen molar-refractivity contribution in [1.82, 2.24) is 34.3 Å². The van der Waals surface area contributed by atoms with Crippen molar-refractivity contribution in [3.63, 3.8) is 0 Å². The molecule has 8 nitrogen and oxygen atoms in total. The molecule has 0 unspecified atom stereocenters. The summed E-state index contributed by atoms with van der Waals surface area (Å²) in [4.78, 5) is 14.9. The third-order valence-electron chi connectivity index (χ3n) is 5.25. The summed E-state index contributed by atoms with van der Waals surface area (Å²) in [7, 11) is 1.73. The summed E-state index contributed by atoms with van der Waals surface area (Å²) in [6.07, 6.45) is 0.967. The van der Waals surface area contributed by atoms with E-state index < -0.39 is 11.9 Å². The van der Waals surface area contributed by atoms with Crippen LogP contribution in [0.5, 0.6) is 0 Å². The van der Waals surface area contributed by atoms with Crippen LogP contribution in [0.3, 0.4) is 0 Å². The molecule has 0 bridgehead atoms. The number of nitrogens with zero attached hydrogens (tertiary/aromatic N) is 8. The molecule has 1 aliphatic heterocycles. The number of halogens is 3. The number of alkyl halides is 3. The molecule has 0 amide bonds. The molecule has 5 heterocycles. The van der Waals surface area contributed by atoms with Gasteiger partial charge in [0.05, 0.1) is 11.9 Å². The minimum Gasteiger partial charge on any atom is -0.355 e. The molecule has 0 atom stereocenters. The van der Waals surface area contributed by atoms with E-state index in [-0.39, 0.29) is 0 Å². The molecule has 30 heavy (non-hydrogen) atoms. The van der Waals surface area contributed by atoms with E-state index in [1.165, 1.54) is 18.6 Å². The number of hydrogen-bond donors (Lipinski definition) is 0. The molecule has 0 spiro atoms. The first-order valence-electron chi connectivity index (χ1n) is 9.36. The van der Waals surface area contributed by atoms with Crippen molar-refractivity contribution in [2.75, 3.05) is 18.0 Å². The van der Waals surface area contributed by atoms with Gasteiger partial charge in [-0.15, -0.1) is 0 Å². The molecule has 1 fully saturated rings. The lowest BCUT2D eigenvalue weighted by molar-refractivity contribution is -0.141. The summed E-state index contributed by atoms with van der Waals surface area (Å²) < 4.78 is 42.1. The van der Waals surface area contributed by atoms with Crippen molar-refractivity contribution in [3.05, 3.63) is 42.4 Å². The van der Waals surface area contributed by atoms with Gasteiger partial charge in [0.25, 0.3) is 0 Å². The lowest BCUT2D eigenvalue weighted by Crippen LogP contribution is -2.38. The zero-order valence-electron chi connectivity index (χ0n) is 16.2. The van der Waals surface area contributed by atoms with E-state index in [1.807, 2.05) is 6.92 Å². The molecule has 4 aromatic heterocycles. The molecule has 154 valence electrons. The summed E-state index contributed by atoms with van der Waals surface area (Å²) in [5.74, 6) is 1.47. The van der Waals surface area contributed by atoms with E-state index in [1.54, 1.807) is 22.4 Å². The molecule has 0 N–H and O–H groups in total. The van der Waals surface area contributed by atoms with Gasteiger partial charge in [-0.1, -0.05) is 0 Å². The molecule has 0 aromatic carbocycles. The van der Waals surface area contributed by atoms with Gasteiger partial charge in [0.1, 0.15) is 29.1 Å². The van der Waals surface area contributed by atoms with E-state index in [4.69, 9.17) is 4.98 Å². The third kappa shape index (κ3) is 2.80. The normalized spacial score (nSPS) is 14.4. The summed E-state index contributed by atoms with van der Waals surface area (Å²) in [5, 5.41) is 8.66. The number of fused-ring (bicyclic) bond motifs is 1. The Morgan fingerprint density at radius 3 is 2.47 bits per heavy atom. The Kier molecular flexibility index (Phi) is 4.02. The Morgan fingerprint density at radius 1 is 1.03 bits per heavy atom. The van der Waals surface area contributed by atoms with Gasteiger partial charge in [0, 0.05) is 37.5 Å². The summed E-state index contributed by atoms with van der Waals surface area (Å²) in [5.41, 5.74) is 2.27. The van der Waals surface area contributed by atoms with Gasteiger partial charge in [-0.2, -0.15) is 23.4 Å². The highest BCUT2D eigenvalue weighted by Gasteiger charge is 2.32. The van der Waals surface area contributed by atoms with Gasteiger partial charge >= 0.3 is 6.18 Å². The van der Waals surface area contributed by atoms with Crippen LogP contribution in [0, 0.1) is 6.92 Å². The van der Waals surface area contributed by atoms with Gasteiger partial charge in [-0.05, 0) is 25.5 Å². The van der Waals surface area contributed by atoms with Gasteiger partial charge in [-0.25, -0.2) is 14.5 Å². The fourth-order valence-corrected chi connectivity index (χ4v) is 3.66. The quantitative estimate of drug-likeness (QED) is 0.513. The number of pyridine rings is 1. The zero-order valence-corrected chi connectivity index (χ0v) is 16.2. The molecular weight excluding hydrogens is 397 g/mol. The van der Waals surface area contributed by atoms with Gasteiger partial charge < -0.3 is 4.90 Å². The highest BCUT2D eigenvalue weighted by molar-refractivity contribution is 5.92. The first-order valence-corrected chi connectivity index (χ1v) is 9.36. The number of aryl methyl sites for hydroxylation is 2. The predicted molar refractivity (Wildman–Crippen MR) is 103 cm³/mol. The van der Waals surface area contributed by atoms with Crippen molar-refractivity contribution in [1.29, 1.82) is 0 Å². The Bertz CT molecular complexity index is 1240. The van der Waals surface area contributed by atoms with Crippen molar-refractivity contribution >= 4 is 11.3 Å². The molecular formula is C19H17F3N8. The van der Waals surface area contributed by atoms with Crippen LogP contribution in [0.2, 0.25) is 0 Å². The number of imidazole rings is 1. The third-order valence-corrected chi connectivity index (χ3v) is 5.25. The summed E-state index contributed by atoms with van der Waals surface area (Å²) in [6.45, 7) is 3.65. The number of hydrogen-bond acceptors (Lipinski definition) is 6. The van der Waals surface area contributed by atoms with E-state index in [9.17, 15) is 13.2 Å². The molecule has 4 aromatic rings. The monoisotopic (exact) mass is 414 g/mol. The SMILES string of the molecule is Cc1nc(-c2cnn(C)c2-c2ccc(C(F)(F)F)nc2)c2c(N3CCC3)ncnn12. The standard InChI is InChI=1S/C19H17F3N8/c1-11-27-15(17-18(29-6-3-7-29)24-10-26-30(11)17)13-9-25-28(2)16(13)12-4-5-14(23-8-12)19(20,21)22/h4-5,8-10H,3,6-7H2,1-2H3. The Labute approximate surface area is 169 Å². The first-order chi connectivity index (χ1) is 14.3. The van der Waals surface area contributed by atoms with Gasteiger partial charge in [0.2, 0.25) is 0 Å². The van der Waals surface area contributed by atoms with Gasteiger partial charge in [0.15, 0.2) is 5.82 Å². The maximum absolute atomic E-state index is 12.9. The summed E-state index contributed by atoms with van der Waals surface area (Å²) in [6, 6.07) is 2.37. The molecule has 1 saturated heterocycles. The lowest BCUT2D eigenvalue weighted by Gasteiger charge is -2.32. The molecule has 0 radical (unpaired) electrons. The van der Waals surface area contributed by atoms with E-state index in [2.05, 4.69) is 25.1 Å². The number of rotatable bonds is 3. The van der Waals surface area contributed by atoms with Gasteiger partial charge in [-0.3, -0.25) is 9.67 Å². The van der Waals surface area contributed by atoms with Crippen molar-refractivity contribution in [2.24, 2.45) is 7.05 Å². The minimum absolute atomic E-state index is 0.513. The molecule has 0 aliphatic carbocycles. The Balaban J connectivity index is 1.69. The Hall–Kier alpha value is -3.50. The van der Waals surface area contributed by atoms with Crippen LogP contribution in [0.15, 0.2) is 30.9 Å². The molecule has 11 heteroatoms. The maximum Gasteiger partial charge on any atom is 0.433 e. The van der Waals surface area contributed by atoms with Crippen LogP contribution in [-0.4, -0.2) is 47.4 Å². The average Bonchev–Trinajstić information content (AvgIpc) is 3.21. The van der Waals surface area contributed by atoms with E-state index >= 15 is 0 Å². The van der Waals surface area contributed by atoms with E-state index in [0.717, 1.165) is 36.9 Å². The topological polar surface area (TPSA) is 77.0 Å². The van der Waals surface area contributed by atoms with Crippen molar-refractivity contribution in [3.8, 4) is 22.5 Å². The first kappa shape index (κ1) is 18.5. The average molecular weight is 414 g/mol. The highest BCUT2D eigenvalue weighted by Crippen LogP contribution is 2.37. The summed E-state index contributed by atoms with van der Waals surface area (Å²) >= 11 is 0. The fraction of sp³-hybridized carbons (Fsp3) is 0.316. The number of aromatic nitrogens is 7. The predicted octanol–water partition coefficient (Wildman–Crippen LogP) is 3.12. The lowest BCUT2D eigenvalue weighted by atomic mass is 10.1. The van der Waals surface area contributed by atoms with Crippen LogP contribution < -0.4 is 4.90 Å². The molecule has 0 saturated carbocycles. The van der Waals surface area contributed by atoms with Crippen LogP contribution in [0.4, 0.5) is 19.0 Å². The molecule has 1 aliphatic rings. The minimum atomic E-state index is -4.49. The van der Waals surface area contributed by atoms with Crippen molar-refractivity contribution in [2.45, 2.75) is 19.5 Å². The highest BCUT2D eigenvalue weighted by atomic mass is 19.4. The maximum atomic E-state index is 12.9. The van der Waals surface area contributed by atoms with E-state index in [0.29, 0.717) is 28.3 Å². The van der Waals surface area contributed by atoms with Crippen LogP contribution in [0.1, 0.15) is 17.9 Å². The zero-order chi connectivity index (χ0) is 21.0. The Morgan fingerprint density at radius 2 is 1.83 bits per heavy atom. The van der Waals surface area contributed by atoms with Crippen LogP contribution in [0.25, 0.3) is 28.0 Å². The second kappa shape index (κ2) is 6.51. The molecule has 5 rings (SSSR count). The fourth-order valence-electron chi connectivity index (χ4n) is 3.66. The second-order valence-corrected chi connectivity index (χ2v) is 7.15. The van der Waals surface area contributed by atoms with Crippen LogP contribution >= 0.6 is 0 Å².